The molecule has 3 fully saturated rings. The molecule has 250 valence electrons. The molecule has 6 rings (SSSR count). The molecule has 1 atom stereocenters. The minimum Gasteiger partial charge on any atom is -0.343 e. The van der Waals surface area contributed by atoms with Gasteiger partial charge in [0.2, 0.25) is 18.1 Å². The average Bonchev–Trinajstić information content (AvgIpc) is 3.10. The van der Waals surface area contributed by atoms with Gasteiger partial charge in [-0.1, -0.05) is 56.5 Å². The molecule has 2 aromatic rings. The van der Waals surface area contributed by atoms with Crippen LogP contribution >= 0.6 is 31.9 Å². The number of nitrogens with one attached hydrogen (secondary N) is 2. The van der Waals surface area contributed by atoms with Crippen molar-refractivity contribution in [1.82, 2.24) is 24.9 Å². The van der Waals surface area contributed by atoms with Crippen molar-refractivity contribution in [3.05, 3.63) is 62.0 Å². The molecule has 0 bridgehead atoms. The summed E-state index contributed by atoms with van der Waals surface area (Å²) < 4.78 is 1.96. The summed E-state index contributed by atoms with van der Waals surface area (Å²) in [7, 11) is 0. The van der Waals surface area contributed by atoms with Crippen LogP contribution in [0.4, 0.5) is 10.5 Å². The van der Waals surface area contributed by atoms with Gasteiger partial charge in [-0.15, -0.1) is 4.99 Å². The first kappa shape index (κ1) is 33.7. The van der Waals surface area contributed by atoms with Gasteiger partial charge in [0.1, 0.15) is 6.04 Å². The number of para-hydroxylation sites is 1. The summed E-state index contributed by atoms with van der Waals surface area (Å²) in [5.41, 5.74) is 4.09. The van der Waals surface area contributed by atoms with E-state index >= 15 is 0 Å². The van der Waals surface area contributed by atoms with Crippen molar-refractivity contribution in [2.75, 3.05) is 44.6 Å². The summed E-state index contributed by atoms with van der Waals surface area (Å²) in [4.78, 5) is 40.0. The third-order valence-electron chi connectivity index (χ3n) is 10.3. The van der Waals surface area contributed by atoms with Crippen molar-refractivity contribution in [2.24, 2.45) is 4.99 Å². The molecule has 47 heavy (non-hydrogen) atoms. The Kier molecular flexibility index (Phi) is 11.0. The molecule has 4 heterocycles. The Morgan fingerprint density at radius 1 is 0.979 bits per heavy atom. The van der Waals surface area contributed by atoms with Crippen LogP contribution in [0.15, 0.2) is 50.3 Å². The summed E-state index contributed by atoms with van der Waals surface area (Å²) in [6, 6.07) is 12.0. The molecule has 4 aliphatic heterocycles. The van der Waals surface area contributed by atoms with Crippen LogP contribution in [0.25, 0.3) is 0 Å². The Morgan fingerprint density at radius 2 is 1.62 bits per heavy atom. The molecule has 0 saturated carbocycles. The van der Waals surface area contributed by atoms with Crippen LogP contribution in [0.2, 0.25) is 0 Å². The van der Waals surface area contributed by atoms with Crippen molar-refractivity contribution >= 4 is 55.4 Å². The fourth-order valence-corrected chi connectivity index (χ4v) is 8.79. The number of rotatable bonds is 6. The molecule has 10 nitrogen and oxygen atoms in total. The van der Waals surface area contributed by atoms with Gasteiger partial charge >= 0.3 is 6.03 Å². The van der Waals surface area contributed by atoms with Crippen molar-refractivity contribution < 1.29 is 9.59 Å². The first-order chi connectivity index (χ1) is 22.8. The van der Waals surface area contributed by atoms with Gasteiger partial charge in [-0.3, -0.25) is 4.79 Å². The van der Waals surface area contributed by atoms with Crippen molar-refractivity contribution in [2.45, 2.75) is 83.0 Å². The van der Waals surface area contributed by atoms with Crippen LogP contribution in [-0.2, 0) is 17.8 Å². The number of carbonyl (C=O) groups excluding carboxylic acids is 2. The molecular weight excluding hydrogens is 724 g/mol. The number of halogens is 2. The van der Waals surface area contributed by atoms with Crippen LogP contribution in [-0.4, -0.2) is 94.9 Å². The zero-order chi connectivity index (χ0) is 32.9. The van der Waals surface area contributed by atoms with Gasteiger partial charge in [-0.2, -0.15) is 5.26 Å². The number of benzene rings is 2. The molecular formula is C35H44Br2N8O2. The molecule has 3 amide bonds. The van der Waals surface area contributed by atoms with E-state index in [-0.39, 0.29) is 18.0 Å². The number of anilines is 1. The van der Waals surface area contributed by atoms with Gasteiger partial charge in [-0.25, -0.2) is 4.79 Å². The second-order valence-corrected chi connectivity index (χ2v) is 14.9. The first-order valence-electron chi connectivity index (χ1n) is 16.9. The lowest BCUT2D eigenvalue weighted by atomic mass is 9.98. The molecule has 0 radical (unpaired) electrons. The maximum atomic E-state index is 14.3. The quantitative estimate of drug-likeness (QED) is 0.217. The number of hydrogen-bond acceptors (Lipinski definition) is 5. The second kappa shape index (κ2) is 15.4. The van der Waals surface area contributed by atoms with Crippen LogP contribution < -0.4 is 10.6 Å². The lowest BCUT2D eigenvalue weighted by Gasteiger charge is -2.42. The fraction of sp³-hybridized carbons (Fsp3) is 0.543. The van der Waals surface area contributed by atoms with Gasteiger partial charge in [0.15, 0.2) is 0 Å². The molecule has 0 spiro atoms. The molecule has 12 heteroatoms. The fourth-order valence-electron chi connectivity index (χ4n) is 7.51. The lowest BCUT2D eigenvalue weighted by Crippen LogP contribution is -2.58. The van der Waals surface area contributed by atoms with E-state index in [1.165, 1.54) is 32.4 Å². The Bertz CT molecular complexity index is 1500. The highest BCUT2D eigenvalue weighted by atomic mass is 79.9. The second-order valence-electron chi connectivity index (χ2n) is 13.2. The van der Waals surface area contributed by atoms with Crippen molar-refractivity contribution in [3.8, 4) is 6.19 Å². The highest BCUT2D eigenvalue weighted by Gasteiger charge is 2.35. The molecule has 0 aliphatic carbocycles. The number of carbonyl (C=O) groups is 2. The van der Waals surface area contributed by atoms with E-state index in [4.69, 9.17) is 0 Å². The smallest absolute Gasteiger partial charge is 0.322 e. The number of aliphatic imine (C=N–C) groups is 1. The number of nitrogens with zero attached hydrogens (tertiary/aromatic N) is 6. The van der Waals surface area contributed by atoms with E-state index in [1.807, 2.05) is 41.1 Å². The third-order valence-corrected chi connectivity index (χ3v) is 11.9. The summed E-state index contributed by atoms with van der Waals surface area (Å²) in [6.07, 6.45) is 9.74. The number of urea groups is 1. The number of guanidine groups is 1. The van der Waals surface area contributed by atoms with E-state index in [1.54, 1.807) is 0 Å². The minimum absolute atomic E-state index is 0.0408. The largest absolute Gasteiger partial charge is 0.343 e. The van der Waals surface area contributed by atoms with Crippen LogP contribution in [0.1, 0.15) is 61.6 Å². The van der Waals surface area contributed by atoms with E-state index in [2.05, 4.69) is 75.5 Å². The van der Waals surface area contributed by atoms with Gasteiger partial charge in [0.05, 0.1) is 0 Å². The van der Waals surface area contributed by atoms with Crippen LogP contribution in [0.3, 0.4) is 0 Å². The third kappa shape index (κ3) is 7.95. The highest BCUT2D eigenvalue weighted by molar-refractivity contribution is 9.11. The summed E-state index contributed by atoms with van der Waals surface area (Å²) in [6.45, 7) is 7.66. The predicted molar refractivity (Wildman–Crippen MR) is 191 cm³/mol. The standard InChI is InChI=1S/C35H44Br2N8O2/c1-24-29(36)19-25(20-30(24)37)21-32(33(46)43-15-9-27(10-16-43)42-13-5-2-6-14-42)40-34(39-23-38)44-17-11-28(12-18-44)45-22-26-7-3-4-8-31(26)41-35(45)47/h3-4,7-8,19-20,27-28,32H,2,5-6,9-18,21-22H2,1H3,(H,39,40)(H,41,47). The number of hydrogen-bond donors (Lipinski definition) is 2. The van der Waals surface area contributed by atoms with Crippen molar-refractivity contribution in [1.29, 1.82) is 5.26 Å². The number of nitriles is 1. The zero-order valence-electron chi connectivity index (χ0n) is 27.1. The number of amides is 3. The Labute approximate surface area is 294 Å². The highest BCUT2D eigenvalue weighted by Crippen LogP contribution is 2.29. The number of fused-ring (bicyclic) bond motifs is 1. The van der Waals surface area contributed by atoms with Crippen molar-refractivity contribution in [3.63, 3.8) is 0 Å². The SMILES string of the molecule is Cc1c(Br)cc(CC(NC(=NC#N)N2CCC(N3Cc4ccccc4NC3=O)CC2)C(=O)N2CCC(N3CCCCC3)CC2)cc1Br. The first-order valence-corrected chi connectivity index (χ1v) is 18.5. The van der Waals surface area contributed by atoms with E-state index in [0.29, 0.717) is 38.1 Å². The maximum absolute atomic E-state index is 14.3. The molecule has 3 saturated heterocycles. The average molecular weight is 769 g/mol. The summed E-state index contributed by atoms with van der Waals surface area (Å²) >= 11 is 7.35. The monoisotopic (exact) mass is 766 g/mol. The maximum Gasteiger partial charge on any atom is 0.322 e. The minimum atomic E-state index is -0.586. The topological polar surface area (TPSA) is 107 Å². The Hall–Kier alpha value is -3.14. The zero-order valence-corrected chi connectivity index (χ0v) is 30.2. The molecule has 2 aromatic carbocycles. The Morgan fingerprint density at radius 3 is 2.30 bits per heavy atom. The van der Waals surface area contributed by atoms with Gasteiger partial charge in [0.25, 0.3) is 0 Å². The number of likely N-dealkylation sites (tertiary alicyclic amines) is 3. The molecule has 4 aliphatic rings. The normalized spacial score (nSPS) is 20.8. The lowest BCUT2D eigenvalue weighted by molar-refractivity contribution is -0.134. The number of piperidine rings is 3. The van der Waals surface area contributed by atoms with E-state index in [0.717, 1.165) is 70.1 Å². The van der Waals surface area contributed by atoms with Crippen LogP contribution in [0, 0.1) is 18.4 Å². The van der Waals surface area contributed by atoms with E-state index < -0.39 is 6.04 Å². The van der Waals surface area contributed by atoms with Gasteiger partial charge in [-0.05, 0) is 93.4 Å². The molecule has 1 unspecified atom stereocenters. The molecule has 0 aromatic heterocycles. The predicted octanol–water partition coefficient (Wildman–Crippen LogP) is 5.85. The van der Waals surface area contributed by atoms with Gasteiger partial charge < -0.3 is 30.2 Å². The van der Waals surface area contributed by atoms with Gasteiger partial charge in [0, 0.05) is 65.9 Å². The summed E-state index contributed by atoms with van der Waals surface area (Å²) in [5, 5.41) is 16.2. The van der Waals surface area contributed by atoms with Crippen LogP contribution in [0.5, 0.6) is 0 Å². The molecule has 2 N–H and O–H groups in total. The summed E-state index contributed by atoms with van der Waals surface area (Å²) in [5.74, 6) is 0.463. The Balaban J connectivity index is 1.14. The van der Waals surface area contributed by atoms with E-state index in [9.17, 15) is 14.9 Å².